The van der Waals surface area contributed by atoms with Crippen molar-refractivity contribution < 1.29 is 0 Å². The third-order valence-electron chi connectivity index (χ3n) is 5.07. The Kier molecular flexibility index (Phi) is 6.09. The molecule has 0 fully saturated rings. The van der Waals surface area contributed by atoms with Gasteiger partial charge in [-0.05, 0) is 56.4 Å². The van der Waals surface area contributed by atoms with Gasteiger partial charge in [0.15, 0.2) is 5.13 Å². The zero-order chi connectivity index (χ0) is 20.2. The first-order chi connectivity index (χ1) is 14.1. The standard InChI is InChI=1S/C24H28N4S/c1-19-11-12-22-23(16-19)29-24(25-22)28-13-7-10-21(28)18-27(15-14-26(2)3)17-20-8-5-4-6-9-20/h4-13,16H,14-15,17-18H2,1-3H3. The maximum Gasteiger partial charge on any atom is 0.194 e. The minimum absolute atomic E-state index is 0.894. The number of benzene rings is 2. The lowest BCUT2D eigenvalue weighted by Gasteiger charge is -2.24. The number of nitrogens with zero attached hydrogens (tertiary/aromatic N) is 4. The van der Waals surface area contributed by atoms with Crippen LogP contribution in [0.15, 0.2) is 66.9 Å². The molecular formula is C24H28N4S. The van der Waals surface area contributed by atoms with E-state index in [4.69, 9.17) is 4.98 Å². The Hall–Kier alpha value is -2.47. The van der Waals surface area contributed by atoms with Crippen molar-refractivity contribution in [2.24, 2.45) is 0 Å². The Bertz CT molecular complexity index is 1060. The van der Waals surface area contributed by atoms with Gasteiger partial charge in [0.2, 0.25) is 0 Å². The molecule has 4 nitrogen and oxygen atoms in total. The summed E-state index contributed by atoms with van der Waals surface area (Å²) in [6.45, 7) is 6.02. The first-order valence-corrected chi connectivity index (χ1v) is 10.8. The van der Waals surface area contributed by atoms with Crippen LogP contribution >= 0.6 is 11.3 Å². The second-order valence-corrected chi connectivity index (χ2v) is 8.85. The molecule has 0 amide bonds. The molecule has 0 atom stereocenters. The molecule has 2 heterocycles. The van der Waals surface area contributed by atoms with E-state index in [-0.39, 0.29) is 0 Å². The van der Waals surface area contributed by atoms with Gasteiger partial charge in [0.25, 0.3) is 0 Å². The van der Waals surface area contributed by atoms with Gasteiger partial charge in [-0.3, -0.25) is 9.47 Å². The number of aromatic nitrogens is 2. The van der Waals surface area contributed by atoms with Gasteiger partial charge in [-0.25, -0.2) is 4.98 Å². The Labute approximate surface area is 177 Å². The number of rotatable bonds is 8. The molecule has 0 N–H and O–H groups in total. The molecule has 0 bridgehead atoms. The molecule has 0 radical (unpaired) electrons. The van der Waals surface area contributed by atoms with Crippen molar-refractivity contribution >= 4 is 21.6 Å². The third kappa shape index (κ3) is 4.93. The van der Waals surface area contributed by atoms with E-state index in [1.165, 1.54) is 21.5 Å². The SMILES string of the molecule is Cc1ccc2nc(-n3cccc3CN(CCN(C)C)Cc3ccccc3)sc2c1. The van der Waals surface area contributed by atoms with E-state index in [9.17, 15) is 0 Å². The van der Waals surface area contributed by atoms with Gasteiger partial charge in [0.05, 0.1) is 10.2 Å². The molecule has 0 aliphatic rings. The largest absolute Gasteiger partial charge is 0.308 e. The van der Waals surface area contributed by atoms with Gasteiger partial charge in [-0.1, -0.05) is 47.7 Å². The lowest BCUT2D eigenvalue weighted by molar-refractivity contribution is 0.223. The molecule has 2 aromatic carbocycles. The van der Waals surface area contributed by atoms with Gasteiger partial charge < -0.3 is 4.90 Å². The molecule has 0 saturated heterocycles. The van der Waals surface area contributed by atoms with E-state index in [1.807, 2.05) is 0 Å². The highest BCUT2D eigenvalue weighted by Crippen LogP contribution is 2.27. The van der Waals surface area contributed by atoms with Gasteiger partial charge in [0.1, 0.15) is 0 Å². The normalized spacial score (nSPS) is 11.8. The Morgan fingerprint density at radius 2 is 1.76 bits per heavy atom. The first kappa shape index (κ1) is 19.8. The molecule has 0 unspecified atom stereocenters. The van der Waals surface area contributed by atoms with E-state index < -0.39 is 0 Å². The molecule has 0 aliphatic heterocycles. The molecular weight excluding hydrogens is 376 g/mol. The number of aryl methyl sites for hydroxylation is 1. The zero-order valence-electron chi connectivity index (χ0n) is 17.4. The fraction of sp³-hybridized carbons (Fsp3) is 0.292. The third-order valence-corrected chi connectivity index (χ3v) is 6.09. The lowest BCUT2D eigenvalue weighted by atomic mass is 10.2. The Morgan fingerprint density at radius 3 is 2.55 bits per heavy atom. The predicted octanol–water partition coefficient (Wildman–Crippen LogP) is 4.96. The van der Waals surface area contributed by atoms with Gasteiger partial charge in [0, 0.05) is 38.1 Å². The highest BCUT2D eigenvalue weighted by Gasteiger charge is 2.14. The second-order valence-electron chi connectivity index (χ2n) is 7.84. The van der Waals surface area contributed by atoms with Crippen molar-refractivity contribution in [1.82, 2.24) is 19.4 Å². The average Bonchev–Trinajstić information content (AvgIpc) is 3.32. The molecule has 0 aliphatic carbocycles. The van der Waals surface area contributed by atoms with E-state index in [0.29, 0.717) is 0 Å². The summed E-state index contributed by atoms with van der Waals surface area (Å²) in [6.07, 6.45) is 2.13. The Balaban J connectivity index is 1.58. The van der Waals surface area contributed by atoms with Crippen LogP contribution in [0.4, 0.5) is 0 Å². The number of hydrogen-bond donors (Lipinski definition) is 0. The summed E-state index contributed by atoms with van der Waals surface area (Å²) in [7, 11) is 4.26. The van der Waals surface area contributed by atoms with E-state index in [2.05, 4.69) is 102 Å². The van der Waals surface area contributed by atoms with Gasteiger partial charge in [-0.15, -0.1) is 0 Å². The van der Waals surface area contributed by atoms with Gasteiger partial charge in [-0.2, -0.15) is 0 Å². The van der Waals surface area contributed by atoms with Gasteiger partial charge >= 0.3 is 0 Å². The molecule has 4 aromatic rings. The number of hydrogen-bond acceptors (Lipinski definition) is 4. The Morgan fingerprint density at radius 1 is 0.931 bits per heavy atom. The zero-order valence-corrected chi connectivity index (χ0v) is 18.2. The summed E-state index contributed by atoms with van der Waals surface area (Å²) < 4.78 is 3.49. The topological polar surface area (TPSA) is 24.3 Å². The van der Waals surface area contributed by atoms with Crippen LogP contribution < -0.4 is 0 Å². The van der Waals surface area contributed by atoms with Crippen molar-refractivity contribution in [3.63, 3.8) is 0 Å². The second kappa shape index (κ2) is 8.91. The van der Waals surface area contributed by atoms with Crippen LogP contribution in [0.25, 0.3) is 15.3 Å². The number of fused-ring (bicyclic) bond motifs is 1. The van der Waals surface area contributed by atoms with Crippen LogP contribution in [0.5, 0.6) is 0 Å². The minimum Gasteiger partial charge on any atom is -0.308 e. The van der Waals surface area contributed by atoms with E-state index >= 15 is 0 Å². The van der Waals surface area contributed by atoms with Crippen LogP contribution in [0.2, 0.25) is 0 Å². The van der Waals surface area contributed by atoms with E-state index in [0.717, 1.165) is 36.8 Å². The highest BCUT2D eigenvalue weighted by molar-refractivity contribution is 7.20. The summed E-state index contributed by atoms with van der Waals surface area (Å²) in [6, 6.07) is 21.5. The van der Waals surface area contributed by atoms with Crippen LogP contribution in [0.3, 0.4) is 0 Å². The molecule has 0 saturated carbocycles. The van der Waals surface area contributed by atoms with Crippen LogP contribution in [-0.4, -0.2) is 46.5 Å². The average molecular weight is 405 g/mol. The summed E-state index contributed by atoms with van der Waals surface area (Å²) in [5.74, 6) is 0. The van der Waals surface area contributed by atoms with Crippen molar-refractivity contribution in [3.8, 4) is 5.13 Å². The van der Waals surface area contributed by atoms with E-state index in [1.54, 1.807) is 11.3 Å². The van der Waals surface area contributed by atoms with Crippen LogP contribution in [0, 0.1) is 6.92 Å². The molecule has 5 heteroatoms. The smallest absolute Gasteiger partial charge is 0.194 e. The fourth-order valence-electron chi connectivity index (χ4n) is 3.48. The highest BCUT2D eigenvalue weighted by atomic mass is 32.1. The summed E-state index contributed by atoms with van der Waals surface area (Å²) in [4.78, 5) is 9.63. The maximum absolute atomic E-state index is 4.88. The molecule has 2 aromatic heterocycles. The van der Waals surface area contributed by atoms with Crippen molar-refractivity contribution in [2.45, 2.75) is 20.0 Å². The number of thiazole rings is 1. The summed E-state index contributed by atoms with van der Waals surface area (Å²) >= 11 is 1.76. The number of likely N-dealkylation sites (N-methyl/N-ethyl adjacent to an activating group) is 1. The quantitative estimate of drug-likeness (QED) is 0.415. The first-order valence-electron chi connectivity index (χ1n) is 10.0. The summed E-state index contributed by atoms with van der Waals surface area (Å²) in [5, 5.41) is 1.04. The van der Waals surface area contributed by atoms with Crippen molar-refractivity contribution in [2.75, 3.05) is 27.2 Å². The van der Waals surface area contributed by atoms with Crippen LogP contribution in [0.1, 0.15) is 16.8 Å². The molecule has 0 spiro atoms. The van der Waals surface area contributed by atoms with Crippen molar-refractivity contribution in [3.05, 3.63) is 83.7 Å². The monoisotopic (exact) mass is 404 g/mol. The maximum atomic E-state index is 4.88. The molecule has 29 heavy (non-hydrogen) atoms. The van der Waals surface area contributed by atoms with Crippen LogP contribution in [-0.2, 0) is 13.1 Å². The van der Waals surface area contributed by atoms with Crippen molar-refractivity contribution in [1.29, 1.82) is 0 Å². The minimum atomic E-state index is 0.894. The molecule has 4 rings (SSSR count). The molecule has 150 valence electrons. The lowest BCUT2D eigenvalue weighted by Crippen LogP contribution is -2.31. The predicted molar refractivity (Wildman–Crippen MR) is 123 cm³/mol. The summed E-state index contributed by atoms with van der Waals surface area (Å²) in [5.41, 5.74) is 4.97. The fourth-order valence-corrected chi connectivity index (χ4v) is 4.56.